The van der Waals surface area contributed by atoms with Crippen LogP contribution in [0.4, 0.5) is 0 Å². The minimum Gasteiger partial charge on any atom is -0.466 e. The van der Waals surface area contributed by atoms with Crippen LogP contribution in [0.5, 0.6) is 0 Å². The number of unbranched alkanes of at least 4 members (excludes halogenated alkanes) is 56. The molecule has 474 valence electrons. The maximum atomic E-state index is 12.5. The number of hydrogen-bond acceptors (Lipinski definition) is 5. The number of nitrogens with one attached hydrogen (secondary N) is 1. The van der Waals surface area contributed by atoms with Gasteiger partial charge in [0.25, 0.3) is 0 Å². The SMILES string of the molecule is CCCC/C=C\CCCCCCCC(=O)OCCCCCCCCCCCCCCCCCCCCCCCCCCCCCCCC(=O)NC(CO)C(O)/C=C/CCCCCCCCCCCCCCCCCCCCCCC. The summed E-state index contributed by atoms with van der Waals surface area (Å²) in [6.07, 6.45) is 88.5. The monoisotopic (exact) mass is 1130 g/mol. The van der Waals surface area contributed by atoms with Crippen LogP contribution in [0.2, 0.25) is 0 Å². The van der Waals surface area contributed by atoms with Crippen molar-refractivity contribution in [1.82, 2.24) is 5.32 Å². The molecule has 1 amide bonds. The molecule has 0 aromatic rings. The highest BCUT2D eigenvalue weighted by atomic mass is 16.5. The van der Waals surface area contributed by atoms with Gasteiger partial charge in [-0.15, -0.1) is 0 Å². The molecule has 6 heteroatoms. The molecular weight excluding hydrogens is 983 g/mol. The van der Waals surface area contributed by atoms with Crippen molar-refractivity contribution in [2.24, 2.45) is 0 Å². The van der Waals surface area contributed by atoms with Gasteiger partial charge in [0.15, 0.2) is 0 Å². The van der Waals surface area contributed by atoms with Crippen molar-refractivity contribution in [2.45, 2.75) is 424 Å². The van der Waals surface area contributed by atoms with Gasteiger partial charge < -0.3 is 20.3 Å². The Morgan fingerprint density at radius 3 is 0.925 bits per heavy atom. The van der Waals surface area contributed by atoms with Crippen molar-refractivity contribution in [2.75, 3.05) is 13.2 Å². The fraction of sp³-hybridized carbons (Fsp3) is 0.919. The molecule has 0 saturated heterocycles. The summed E-state index contributed by atoms with van der Waals surface area (Å²) in [7, 11) is 0. The van der Waals surface area contributed by atoms with Crippen molar-refractivity contribution in [1.29, 1.82) is 0 Å². The Bertz CT molecular complexity index is 1250. The van der Waals surface area contributed by atoms with Crippen LogP contribution in [-0.2, 0) is 14.3 Å². The van der Waals surface area contributed by atoms with E-state index in [0.717, 1.165) is 44.9 Å². The molecule has 0 bridgehead atoms. The highest BCUT2D eigenvalue weighted by Gasteiger charge is 2.18. The van der Waals surface area contributed by atoms with E-state index in [1.807, 2.05) is 6.08 Å². The quantitative estimate of drug-likeness (QED) is 0.0320. The van der Waals surface area contributed by atoms with Crippen LogP contribution in [0.15, 0.2) is 24.3 Å². The number of esters is 1. The lowest BCUT2D eigenvalue weighted by Crippen LogP contribution is -2.45. The Morgan fingerprint density at radius 1 is 0.338 bits per heavy atom. The predicted octanol–water partition coefficient (Wildman–Crippen LogP) is 23.7. The van der Waals surface area contributed by atoms with Crippen LogP contribution in [0.25, 0.3) is 0 Å². The number of rotatable bonds is 69. The van der Waals surface area contributed by atoms with E-state index in [4.69, 9.17) is 4.74 Å². The van der Waals surface area contributed by atoms with Gasteiger partial charge in [-0.2, -0.15) is 0 Å². The number of aliphatic hydroxyl groups excluding tert-OH is 2. The van der Waals surface area contributed by atoms with Crippen LogP contribution in [0, 0.1) is 0 Å². The lowest BCUT2D eigenvalue weighted by atomic mass is 10.0. The van der Waals surface area contributed by atoms with E-state index < -0.39 is 12.1 Å². The lowest BCUT2D eigenvalue weighted by Gasteiger charge is -2.20. The topological polar surface area (TPSA) is 95.9 Å². The second kappa shape index (κ2) is 69.8. The number of ether oxygens (including phenoxy) is 1. The molecule has 0 heterocycles. The van der Waals surface area contributed by atoms with Gasteiger partial charge in [-0.25, -0.2) is 0 Å². The Labute approximate surface area is 501 Å². The normalized spacial score (nSPS) is 12.6. The summed E-state index contributed by atoms with van der Waals surface area (Å²) in [6, 6.07) is -0.626. The Morgan fingerprint density at radius 2 is 0.600 bits per heavy atom. The molecule has 0 saturated carbocycles. The summed E-state index contributed by atoms with van der Waals surface area (Å²) < 4.78 is 5.47. The molecule has 6 nitrogen and oxygen atoms in total. The Kier molecular flexibility index (Phi) is 68.4. The molecule has 0 spiro atoms. The number of aliphatic hydroxyl groups is 2. The lowest BCUT2D eigenvalue weighted by molar-refractivity contribution is -0.143. The third kappa shape index (κ3) is 65.5. The zero-order chi connectivity index (χ0) is 57.8. The molecule has 0 rings (SSSR count). The van der Waals surface area contributed by atoms with E-state index in [1.165, 1.54) is 340 Å². The van der Waals surface area contributed by atoms with Crippen LogP contribution in [0.1, 0.15) is 412 Å². The second-order valence-corrected chi connectivity index (χ2v) is 25.3. The zero-order valence-corrected chi connectivity index (χ0v) is 54.3. The van der Waals surface area contributed by atoms with E-state index in [2.05, 4.69) is 31.3 Å². The first kappa shape index (κ1) is 78.3. The molecule has 2 unspecified atom stereocenters. The van der Waals surface area contributed by atoms with E-state index in [0.29, 0.717) is 19.4 Å². The van der Waals surface area contributed by atoms with Crippen LogP contribution < -0.4 is 5.32 Å². The Balaban J connectivity index is 3.37. The maximum Gasteiger partial charge on any atom is 0.305 e. The van der Waals surface area contributed by atoms with Crippen LogP contribution >= 0.6 is 0 Å². The largest absolute Gasteiger partial charge is 0.466 e. The summed E-state index contributed by atoms with van der Waals surface area (Å²) in [6.45, 7) is 4.91. The molecule has 2 atom stereocenters. The molecule has 0 aromatic heterocycles. The van der Waals surface area contributed by atoms with E-state index in [9.17, 15) is 19.8 Å². The summed E-state index contributed by atoms with van der Waals surface area (Å²) in [5.74, 6) is -0.0511. The molecule has 0 aliphatic carbocycles. The third-order valence-electron chi connectivity index (χ3n) is 17.2. The molecule has 0 aromatic carbocycles. The first-order chi connectivity index (χ1) is 39.5. The maximum absolute atomic E-state index is 12.5. The van der Waals surface area contributed by atoms with Gasteiger partial charge in [0.05, 0.1) is 25.4 Å². The van der Waals surface area contributed by atoms with Gasteiger partial charge in [-0.1, -0.05) is 372 Å². The number of carbonyl (C=O) groups excluding carboxylic acids is 2. The molecular formula is C74H143NO5. The highest BCUT2D eigenvalue weighted by Crippen LogP contribution is 2.19. The summed E-state index contributed by atoms with van der Waals surface area (Å²) in [5, 5.41) is 23.3. The second-order valence-electron chi connectivity index (χ2n) is 25.3. The van der Waals surface area contributed by atoms with E-state index in [-0.39, 0.29) is 18.5 Å². The number of carbonyl (C=O) groups is 2. The van der Waals surface area contributed by atoms with Gasteiger partial charge in [-0.05, 0) is 51.4 Å². The van der Waals surface area contributed by atoms with E-state index in [1.54, 1.807) is 6.08 Å². The average molecular weight is 1130 g/mol. The minimum absolute atomic E-state index is 0.00868. The van der Waals surface area contributed by atoms with Crippen LogP contribution in [0.3, 0.4) is 0 Å². The summed E-state index contributed by atoms with van der Waals surface area (Å²) >= 11 is 0. The molecule has 0 aliphatic rings. The molecule has 0 aliphatic heterocycles. The highest BCUT2D eigenvalue weighted by molar-refractivity contribution is 5.76. The van der Waals surface area contributed by atoms with Crippen LogP contribution in [-0.4, -0.2) is 47.4 Å². The standard InChI is InChI=1S/C74H143NO5/c1-3-5-7-9-11-13-15-16-17-18-19-20-28-31-34-37-40-43-47-50-54-58-62-66-72(77)71(70-76)75-73(78)67-63-59-55-51-48-44-41-38-35-32-29-26-24-22-21-23-25-27-30-33-36-39-42-45-49-53-57-61-65-69-80-74(79)68-64-60-56-52-46-14-12-10-8-6-4-2/h10,12,62,66,71-72,76-77H,3-9,11,13-61,63-65,67-70H2,1-2H3,(H,75,78)/b12-10-,66-62+. The zero-order valence-electron chi connectivity index (χ0n) is 54.3. The summed E-state index contributed by atoms with van der Waals surface area (Å²) in [4.78, 5) is 24.5. The predicted molar refractivity (Wildman–Crippen MR) is 352 cm³/mol. The van der Waals surface area contributed by atoms with Gasteiger partial charge in [0.1, 0.15) is 0 Å². The molecule has 0 radical (unpaired) electrons. The molecule has 3 N–H and O–H groups in total. The average Bonchev–Trinajstić information content (AvgIpc) is 3.46. The molecule has 80 heavy (non-hydrogen) atoms. The fourth-order valence-electron chi connectivity index (χ4n) is 11.6. The van der Waals surface area contributed by atoms with Gasteiger partial charge >= 0.3 is 5.97 Å². The van der Waals surface area contributed by atoms with Gasteiger partial charge in [-0.3, -0.25) is 9.59 Å². The summed E-state index contributed by atoms with van der Waals surface area (Å²) in [5.41, 5.74) is 0. The van der Waals surface area contributed by atoms with Crippen molar-refractivity contribution < 1.29 is 24.5 Å². The van der Waals surface area contributed by atoms with Gasteiger partial charge in [0.2, 0.25) is 5.91 Å². The van der Waals surface area contributed by atoms with Crippen molar-refractivity contribution >= 4 is 11.9 Å². The number of hydrogen-bond donors (Lipinski definition) is 3. The van der Waals surface area contributed by atoms with E-state index >= 15 is 0 Å². The molecule has 0 fully saturated rings. The smallest absolute Gasteiger partial charge is 0.305 e. The third-order valence-corrected chi connectivity index (χ3v) is 17.2. The van der Waals surface area contributed by atoms with Crippen molar-refractivity contribution in [3.8, 4) is 0 Å². The number of allylic oxidation sites excluding steroid dienone is 3. The first-order valence-electron chi connectivity index (χ1n) is 36.6. The number of amides is 1. The Hall–Kier alpha value is -1.66. The van der Waals surface area contributed by atoms with Crippen molar-refractivity contribution in [3.05, 3.63) is 24.3 Å². The fourth-order valence-corrected chi connectivity index (χ4v) is 11.6. The minimum atomic E-state index is -0.843. The first-order valence-corrected chi connectivity index (χ1v) is 36.6. The van der Waals surface area contributed by atoms with Crippen molar-refractivity contribution in [3.63, 3.8) is 0 Å². The van der Waals surface area contributed by atoms with Gasteiger partial charge in [0, 0.05) is 12.8 Å².